The van der Waals surface area contributed by atoms with Crippen LogP contribution < -0.4 is 0 Å². The standard InChI is InChI=1S/C14H13IN2O3/c15-10-3-1-7(5-11(10)18)14-16-13(17-20-14)9-6-8-2-4-12(9)19-8/h1,3,5,8-9,12,18H,2,4,6H2. The average Bonchev–Trinajstić information content (AvgIpc) is 3.16. The van der Waals surface area contributed by atoms with Crippen molar-refractivity contribution in [3.05, 3.63) is 27.6 Å². The Bertz CT molecular complexity index is 658. The van der Waals surface area contributed by atoms with Crippen molar-refractivity contribution >= 4 is 22.6 Å². The number of hydrogen-bond donors (Lipinski definition) is 1. The molecule has 6 heteroatoms. The van der Waals surface area contributed by atoms with Gasteiger partial charge in [-0.25, -0.2) is 0 Å². The maximum absolute atomic E-state index is 9.75. The molecule has 2 fully saturated rings. The van der Waals surface area contributed by atoms with Crippen molar-refractivity contribution in [1.82, 2.24) is 10.1 Å². The Labute approximate surface area is 129 Å². The number of halogens is 1. The largest absolute Gasteiger partial charge is 0.507 e. The molecule has 4 rings (SSSR count). The van der Waals surface area contributed by atoms with E-state index in [4.69, 9.17) is 9.26 Å². The molecular weight excluding hydrogens is 371 g/mol. The lowest BCUT2D eigenvalue weighted by molar-refractivity contribution is 0.0996. The fourth-order valence-corrected chi connectivity index (χ4v) is 3.39. The molecule has 0 spiro atoms. The molecule has 0 aliphatic carbocycles. The molecule has 1 aromatic carbocycles. The highest BCUT2D eigenvalue weighted by Crippen LogP contribution is 2.43. The van der Waals surface area contributed by atoms with Crippen LogP contribution in [-0.2, 0) is 4.74 Å². The Balaban J connectivity index is 1.63. The Hall–Kier alpha value is -1.15. The summed E-state index contributed by atoms with van der Waals surface area (Å²) in [5, 5.41) is 13.8. The van der Waals surface area contributed by atoms with Gasteiger partial charge in [0.1, 0.15) is 5.75 Å². The summed E-state index contributed by atoms with van der Waals surface area (Å²) in [5.74, 6) is 1.66. The fourth-order valence-electron chi connectivity index (χ4n) is 3.06. The van der Waals surface area contributed by atoms with Crippen molar-refractivity contribution in [1.29, 1.82) is 0 Å². The number of phenols is 1. The molecule has 3 atom stereocenters. The summed E-state index contributed by atoms with van der Waals surface area (Å²) in [5.41, 5.74) is 0.741. The lowest BCUT2D eigenvalue weighted by Gasteiger charge is -2.13. The van der Waals surface area contributed by atoms with Crippen molar-refractivity contribution in [2.24, 2.45) is 0 Å². The van der Waals surface area contributed by atoms with Crippen molar-refractivity contribution in [3.8, 4) is 17.2 Å². The molecule has 0 saturated carbocycles. The first kappa shape index (κ1) is 12.6. The predicted molar refractivity (Wildman–Crippen MR) is 79.4 cm³/mol. The summed E-state index contributed by atoms with van der Waals surface area (Å²) in [4.78, 5) is 4.48. The van der Waals surface area contributed by atoms with Crippen LogP contribution in [0.1, 0.15) is 31.0 Å². The summed E-state index contributed by atoms with van der Waals surface area (Å²) in [6, 6.07) is 5.35. The van der Waals surface area contributed by atoms with Gasteiger partial charge in [-0.05, 0) is 60.1 Å². The van der Waals surface area contributed by atoms with E-state index in [9.17, 15) is 5.11 Å². The number of fused-ring (bicyclic) bond motifs is 2. The second kappa shape index (κ2) is 4.70. The zero-order chi connectivity index (χ0) is 13.7. The molecule has 2 aliphatic heterocycles. The number of hydrogen-bond acceptors (Lipinski definition) is 5. The predicted octanol–water partition coefficient (Wildman–Crippen LogP) is 3.08. The number of benzene rings is 1. The van der Waals surface area contributed by atoms with Crippen LogP contribution in [0.25, 0.3) is 11.5 Å². The van der Waals surface area contributed by atoms with Gasteiger partial charge < -0.3 is 14.4 Å². The van der Waals surface area contributed by atoms with Crippen molar-refractivity contribution < 1.29 is 14.4 Å². The van der Waals surface area contributed by atoms with Gasteiger partial charge in [-0.15, -0.1) is 0 Å². The average molecular weight is 384 g/mol. The summed E-state index contributed by atoms with van der Waals surface area (Å²) < 4.78 is 12.0. The molecule has 2 aliphatic rings. The molecule has 2 saturated heterocycles. The zero-order valence-electron chi connectivity index (χ0n) is 10.6. The molecule has 3 unspecified atom stereocenters. The summed E-state index contributed by atoms with van der Waals surface area (Å²) in [6.07, 6.45) is 3.84. The van der Waals surface area contributed by atoms with E-state index in [0.29, 0.717) is 12.0 Å². The summed E-state index contributed by atoms with van der Waals surface area (Å²) >= 11 is 2.08. The van der Waals surface area contributed by atoms with E-state index in [1.807, 2.05) is 12.1 Å². The number of nitrogens with zero attached hydrogens (tertiary/aromatic N) is 2. The lowest BCUT2D eigenvalue weighted by Crippen LogP contribution is -2.15. The highest BCUT2D eigenvalue weighted by Gasteiger charge is 2.43. The number of ether oxygens (including phenoxy) is 1. The van der Waals surface area contributed by atoms with E-state index >= 15 is 0 Å². The zero-order valence-corrected chi connectivity index (χ0v) is 12.8. The van der Waals surface area contributed by atoms with Gasteiger partial charge in [0, 0.05) is 5.56 Å². The first-order valence-corrected chi connectivity index (χ1v) is 7.76. The summed E-state index contributed by atoms with van der Waals surface area (Å²) in [7, 11) is 0. The van der Waals surface area contributed by atoms with E-state index in [2.05, 4.69) is 32.7 Å². The van der Waals surface area contributed by atoms with Crippen molar-refractivity contribution in [2.75, 3.05) is 0 Å². The second-order valence-corrected chi connectivity index (χ2v) is 6.50. The minimum absolute atomic E-state index is 0.228. The molecule has 2 aromatic rings. The molecule has 20 heavy (non-hydrogen) atoms. The molecule has 5 nitrogen and oxygen atoms in total. The third-order valence-electron chi connectivity index (χ3n) is 4.07. The van der Waals surface area contributed by atoms with Crippen LogP contribution in [0.5, 0.6) is 5.75 Å². The first-order chi connectivity index (χ1) is 9.70. The van der Waals surface area contributed by atoms with Gasteiger partial charge >= 0.3 is 0 Å². The first-order valence-electron chi connectivity index (χ1n) is 6.68. The van der Waals surface area contributed by atoms with Gasteiger partial charge in [-0.2, -0.15) is 4.98 Å². The topological polar surface area (TPSA) is 68.4 Å². The Kier molecular flexibility index (Phi) is 2.95. The van der Waals surface area contributed by atoms with Crippen molar-refractivity contribution in [3.63, 3.8) is 0 Å². The van der Waals surface area contributed by atoms with Gasteiger partial charge in [0.2, 0.25) is 0 Å². The highest BCUT2D eigenvalue weighted by molar-refractivity contribution is 14.1. The Morgan fingerprint density at radius 1 is 1.30 bits per heavy atom. The van der Waals surface area contributed by atoms with Gasteiger partial charge in [-0.1, -0.05) is 5.16 Å². The van der Waals surface area contributed by atoms with E-state index in [0.717, 1.165) is 34.2 Å². The molecule has 104 valence electrons. The molecule has 1 N–H and O–H groups in total. The van der Waals surface area contributed by atoms with Gasteiger partial charge in [-0.3, -0.25) is 0 Å². The van der Waals surface area contributed by atoms with E-state index < -0.39 is 0 Å². The van der Waals surface area contributed by atoms with Gasteiger partial charge in [0.25, 0.3) is 5.89 Å². The molecule has 0 amide bonds. The van der Waals surface area contributed by atoms with Gasteiger partial charge in [0.05, 0.1) is 21.7 Å². The van der Waals surface area contributed by atoms with Crippen LogP contribution in [0, 0.1) is 3.57 Å². The van der Waals surface area contributed by atoms with E-state index in [1.54, 1.807) is 6.07 Å². The minimum Gasteiger partial charge on any atom is -0.507 e. The SMILES string of the molecule is Oc1cc(-c2nc(C3CC4CCC3O4)no2)ccc1I. The smallest absolute Gasteiger partial charge is 0.258 e. The van der Waals surface area contributed by atoms with Crippen LogP contribution in [0.2, 0.25) is 0 Å². The highest BCUT2D eigenvalue weighted by atomic mass is 127. The van der Waals surface area contributed by atoms with Crippen LogP contribution >= 0.6 is 22.6 Å². The second-order valence-electron chi connectivity index (χ2n) is 5.34. The van der Waals surface area contributed by atoms with E-state index in [-0.39, 0.29) is 17.8 Å². The minimum atomic E-state index is 0.228. The molecule has 2 bridgehead atoms. The third-order valence-corrected chi connectivity index (χ3v) is 4.98. The summed E-state index contributed by atoms with van der Waals surface area (Å²) in [6.45, 7) is 0. The molecular formula is C14H13IN2O3. The lowest BCUT2D eigenvalue weighted by atomic mass is 9.89. The number of phenolic OH excluding ortho intramolecular Hbond substituents is 1. The monoisotopic (exact) mass is 384 g/mol. The fraction of sp³-hybridized carbons (Fsp3) is 0.429. The number of aromatic nitrogens is 2. The van der Waals surface area contributed by atoms with Crippen LogP contribution in [0.4, 0.5) is 0 Å². The molecule has 3 heterocycles. The quantitative estimate of drug-likeness (QED) is 0.807. The number of aromatic hydroxyl groups is 1. The Morgan fingerprint density at radius 3 is 2.90 bits per heavy atom. The van der Waals surface area contributed by atoms with Gasteiger partial charge in [0.15, 0.2) is 5.82 Å². The normalized spacial score (nSPS) is 28.1. The Morgan fingerprint density at radius 2 is 2.20 bits per heavy atom. The number of rotatable bonds is 2. The third kappa shape index (κ3) is 2.01. The van der Waals surface area contributed by atoms with E-state index in [1.165, 1.54) is 0 Å². The molecule has 0 radical (unpaired) electrons. The van der Waals surface area contributed by atoms with Crippen molar-refractivity contribution in [2.45, 2.75) is 37.4 Å². The molecule has 1 aromatic heterocycles. The van der Waals surface area contributed by atoms with Crippen LogP contribution in [-0.4, -0.2) is 27.5 Å². The maximum atomic E-state index is 9.75. The maximum Gasteiger partial charge on any atom is 0.258 e. The van der Waals surface area contributed by atoms with Crippen LogP contribution in [0.3, 0.4) is 0 Å². The van der Waals surface area contributed by atoms with Crippen LogP contribution in [0.15, 0.2) is 22.7 Å².